The molecule has 0 bridgehead atoms. The number of carbonyl (C=O) groups is 1. The van der Waals surface area contributed by atoms with Crippen LogP contribution in [0, 0.1) is 0 Å². The second kappa shape index (κ2) is 14.1. The molecule has 2 N–H and O–H groups in total. The first-order valence-electron chi connectivity index (χ1n) is 16.6. The third kappa shape index (κ3) is 5.77. The molecular formula is C41H36N6O3. The Bertz CT molecular complexity index is 2120. The van der Waals surface area contributed by atoms with Gasteiger partial charge in [-0.2, -0.15) is 0 Å². The Kier molecular flexibility index (Phi) is 9.14. The molecule has 0 unspecified atom stereocenters. The highest BCUT2D eigenvalue weighted by atomic mass is 16.4. The number of aromatic nitrogens is 6. The predicted octanol–water partition coefficient (Wildman–Crippen LogP) is 7.24. The summed E-state index contributed by atoms with van der Waals surface area (Å²) in [6, 6.07) is 47.1. The number of imidazole rings is 1. The van der Waals surface area contributed by atoms with Crippen LogP contribution in [0.3, 0.4) is 0 Å². The van der Waals surface area contributed by atoms with Gasteiger partial charge in [0.2, 0.25) is 0 Å². The van der Waals surface area contributed by atoms with E-state index in [-0.39, 0.29) is 11.4 Å². The Morgan fingerprint density at radius 2 is 1.26 bits per heavy atom. The number of rotatable bonds is 12. The second-order valence-electron chi connectivity index (χ2n) is 12.1. The third-order valence-electron chi connectivity index (χ3n) is 9.08. The van der Waals surface area contributed by atoms with Crippen LogP contribution < -0.4 is 0 Å². The SMILES string of the molecule is CCCc1nc(CO)c(C(=O)O)n1Cc1ccc(-c2ccccc2-c2nnnn2C(c2ccccc2)(c2ccccc2)c2ccccc2)cc1. The first-order chi connectivity index (χ1) is 24.6. The number of aliphatic hydroxyl groups is 1. The fraction of sp³-hybridized carbons (Fsp3) is 0.146. The van der Waals surface area contributed by atoms with Crippen LogP contribution in [0.15, 0.2) is 140 Å². The van der Waals surface area contributed by atoms with Crippen molar-refractivity contribution in [1.82, 2.24) is 29.8 Å². The van der Waals surface area contributed by atoms with Crippen molar-refractivity contribution in [2.24, 2.45) is 0 Å². The zero-order valence-electron chi connectivity index (χ0n) is 27.6. The van der Waals surface area contributed by atoms with E-state index in [9.17, 15) is 15.0 Å². The molecule has 0 radical (unpaired) electrons. The molecular weight excluding hydrogens is 624 g/mol. The summed E-state index contributed by atoms with van der Waals surface area (Å²) >= 11 is 0. The van der Waals surface area contributed by atoms with Gasteiger partial charge >= 0.3 is 5.97 Å². The molecule has 0 atom stereocenters. The van der Waals surface area contributed by atoms with Crippen LogP contribution in [0.5, 0.6) is 0 Å². The summed E-state index contributed by atoms with van der Waals surface area (Å²) in [4.78, 5) is 16.6. The number of tetrazole rings is 1. The van der Waals surface area contributed by atoms with E-state index in [0.29, 0.717) is 24.6 Å². The van der Waals surface area contributed by atoms with E-state index in [2.05, 4.69) is 57.8 Å². The first kappa shape index (κ1) is 32.4. The van der Waals surface area contributed by atoms with Crippen molar-refractivity contribution in [1.29, 1.82) is 0 Å². The summed E-state index contributed by atoms with van der Waals surface area (Å²) < 4.78 is 3.63. The van der Waals surface area contributed by atoms with Gasteiger partial charge in [-0.15, -0.1) is 5.10 Å². The Labute approximate surface area is 290 Å². The molecule has 7 rings (SSSR count). The van der Waals surface area contributed by atoms with Crippen LogP contribution in [0.1, 0.15) is 57.6 Å². The molecule has 0 amide bonds. The lowest BCUT2D eigenvalue weighted by Gasteiger charge is -2.36. The monoisotopic (exact) mass is 660 g/mol. The molecule has 248 valence electrons. The molecule has 0 fully saturated rings. The maximum atomic E-state index is 12.2. The van der Waals surface area contributed by atoms with E-state index in [0.717, 1.165) is 45.4 Å². The summed E-state index contributed by atoms with van der Waals surface area (Å²) in [5.74, 6) is 0.144. The smallest absolute Gasteiger partial charge is 0.354 e. The standard InChI is InChI=1S/C41H36N6O3/c1-2-14-37-42-36(28-48)38(40(49)50)46(37)27-29-23-25-30(26-24-29)34-21-12-13-22-35(34)39-43-44-45-47(39)41(31-15-6-3-7-16-31,32-17-8-4-9-18-32)33-19-10-5-11-20-33/h3-13,15-26,48H,2,14,27-28H2,1H3,(H,49,50). The second-order valence-corrected chi connectivity index (χ2v) is 12.1. The van der Waals surface area contributed by atoms with Gasteiger partial charge in [0.15, 0.2) is 11.5 Å². The third-order valence-corrected chi connectivity index (χ3v) is 9.08. The molecule has 5 aromatic carbocycles. The molecule has 0 spiro atoms. The molecule has 0 aliphatic rings. The maximum Gasteiger partial charge on any atom is 0.354 e. The number of nitrogens with zero attached hydrogens (tertiary/aromatic N) is 6. The van der Waals surface area contributed by atoms with Crippen molar-refractivity contribution in [2.45, 2.75) is 38.5 Å². The number of aromatic carboxylic acids is 1. The van der Waals surface area contributed by atoms with Crippen molar-refractivity contribution in [3.63, 3.8) is 0 Å². The van der Waals surface area contributed by atoms with Crippen molar-refractivity contribution in [2.75, 3.05) is 0 Å². The average molecular weight is 661 g/mol. The zero-order valence-corrected chi connectivity index (χ0v) is 27.6. The van der Waals surface area contributed by atoms with E-state index in [4.69, 9.17) is 5.21 Å². The molecule has 9 nitrogen and oxygen atoms in total. The van der Waals surface area contributed by atoms with Crippen molar-refractivity contribution in [3.8, 4) is 22.5 Å². The largest absolute Gasteiger partial charge is 0.477 e. The number of carboxylic acids is 1. The molecule has 0 saturated carbocycles. The van der Waals surface area contributed by atoms with Crippen LogP contribution >= 0.6 is 0 Å². The van der Waals surface area contributed by atoms with Gasteiger partial charge in [-0.3, -0.25) is 0 Å². The fourth-order valence-electron chi connectivity index (χ4n) is 6.88. The quantitative estimate of drug-likeness (QED) is 0.133. The summed E-state index contributed by atoms with van der Waals surface area (Å²) in [5.41, 5.74) is 6.03. The molecule has 2 heterocycles. The van der Waals surface area contributed by atoms with Gasteiger partial charge in [-0.25, -0.2) is 14.5 Å². The minimum atomic E-state index is -1.11. The topological polar surface area (TPSA) is 119 Å². The van der Waals surface area contributed by atoms with E-state index in [1.807, 2.05) is 109 Å². The van der Waals surface area contributed by atoms with Gasteiger partial charge in [-0.05, 0) is 50.2 Å². The van der Waals surface area contributed by atoms with Crippen molar-refractivity contribution >= 4 is 5.97 Å². The first-order valence-corrected chi connectivity index (χ1v) is 16.6. The van der Waals surface area contributed by atoms with Crippen molar-refractivity contribution in [3.05, 3.63) is 179 Å². The van der Waals surface area contributed by atoms with E-state index >= 15 is 0 Å². The molecule has 7 aromatic rings. The zero-order chi connectivity index (χ0) is 34.5. The summed E-state index contributed by atoms with van der Waals surface area (Å²) in [7, 11) is 0. The maximum absolute atomic E-state index is 12.2. The number of hydrogen-bond donors (Lipinski definition) is 2. The minimum Gasteiger partial charge on any atom is -0.477 e. The Balaban J connectivity index is 1.34. The van der Waals surface area contributed by atoms with E-state index in [1.54, 1.807) is 4.57 Å². The molecule has 9 heteroatoms. The number of carboxylic acid groups (broad SMARTS) is 1. The Hall–Kier alpha value is -6.19. The van der Waals surface area contributed by atoms with Gasteiger partial charge in [0.05, 0.1) is 12.3 Å². The van der Waals surface area contributed by atoms with Crippen LogP contribution in [-0.2, 0) is 25.1 Å². The highest BCUT2D eigenvalue weighted by molar-refractivity contribution is 5.87. The van der Waals surface area contributed by atoms with Crippen LogP contribution in [0.25, 0.3) is 22.5 Å². The summed E-state index contributed by atoms with van der Waals surface area (Å²) in [5, 5.41) is 33.4. The van der Waals surface area contributed by atoms with Crippen LogP contribution in [0.4, 0.5) is 0 Å². The number of benzene rings is 5. The lowest BCUT2D eigenvalue weighted by molar-refractivity contribution is 0.0681. The van der Waals surface area contributed by atoms with E-state index in [1.165, 1.54) is 0 Å². The van der Waals surface area contributed by atoms with E-state index < -0.39 is 18.1 Å². The predicted molar refractivity (Wildman–Crippen MR) is 192 cm³/mol. The number of hydrogen-bond acceptors (Lipinski definition) is 6. The molecule has 50 heavy (non-hydrogen) atoms. The Morgan fingerprint density at radius 1 is 0.720 bits per heavy atom. The normalized spacial score (nSPS) is 11.5. The molecule has 2 aromatic heterocycles. The lowest BCUT2D eigenvalue weighted by atomic mass is 9.77. The number of aryl methyl sites for hydroxylation is 1. The average Bonchev–Trinajstić information content (AvgIpc) is 3.79. The molecule has 0 aliphatic heterocycles. The molecule has 0 saturated heterocycles. The van der Waals surface area contributed by atoms with Gasteiger partial charge in [0, 0.05) is 18.5 Å². The highest BCUT2D eigenvalue weighted by Gasteiger charge is 2.42. The highest BCUT2D eigenvalue weighted by Crippen LogP contribution is 2.43. The van der Waals surface area contributed by atoms with Gasteiger partial charge in [0.1, 0.15) is 11.4 Å². The Morgan fingerprint density at radius 3 is 1.78 bits per heavy atom. The number of aliphatic hydroxyl groups excluding tert-OH is 1. The van der Waals surface area contributed by atoms with Gasteiger partial charge in [-0.1, -0.05) is 146 Å². The lowest BCUT2D eigenvalue weighted by Crippen LogP contribution is -2.39. The summed E-state index contributed by atoms with van der Waals surface area (Å²) in [6.45, 7) is 1.91. The van der Waals surface area contributed by atoms with Crippen molar-refractivity contribution < 1.29 is 15.0 Å². The van der Waals surface area contributed by atoms with Crippen LogP contribution in [-0.4, -0.2) is 45.9 Å². The minimum absolute atomic E-state index is 0.0240. The molecule has 0 aliphatic carbocycles. The fourth-order valence-corrected chi connectivity index (χ4v) is 6.88. The summed E-state index contributed by atoms with van der Waals surface area (Å²) in [6.07, 6.45) is 1.41. The van der Waals surface area contributed by atoms with Crippen LogP contribution in [0.2, 0.25) is 0 Å². The van der Waals surface area contributed by atoms with Gasteiger partial charge < -0.3 is 14.8 Å². The van der Waals surface area contributed by atoms with Gasteiger partial charge in [0.25, 0.3) is 0 Å².